The van der Waals surface area contributed by atoms with Crippen LogP contribution < -0.4 is 0 Å². The smallest absolute Gasteiger partial charge is 0.155 e. The van der Waals surface area contributed by atoms with Crippen molar-refractivity contribution in [3.05, 3.63) is 101 Å². The number of fused-ring (bicyclic) bond motifs is 6. The van der Waals surface area contributed by atoms with Gasteiger partial charge in [-0.15, -0.1) is 29.3 Å². The van der Waals surface area contributed by atoms with Crippen LogP contribution in [0.5, 0.6) is 0 Å². The van der Waals surface area contributed by atoms with E-state index in [9.17, 15) is 4.79 Å². The Labute approximate surface area is 230 Å². The summed E-state index contributed by atoms with van der Waals surface area (Å²) in [5.74, 6) is 0.922. The van der Waals surface area contributed by atoms with Crippen LogP contribution in [-0.4, -0.2) is 15.9 Å². The zero-order chi connectivity index (χ0) is 25.6. The largest absolute Gasteiger partial charge is 0.512 e. The van der Waals surface area contributed by atoms with E-state index in [2.05, 4.69) is 75.4 Å². The summed E-state index contributed by atoms with van der Waals surface area (Å²) in [6, 6.07) is 26.6. The topological polar surface area (TPSA) is 63.3 Å². The number of ketones is 1. The van der Waals surface area contributed by atoms with Gasteiger partial charge in [0.15, 0.2) is 5.78 Å². The Morgan fingerprint density at radius 2 is 1.78 bits per heavy atom. The van der Waals surface area contributed by atoms with Gasteiger partial charge in [0.25, 0.3) is 0 Å². The molecule has 1 aliphatic rings. The third-order valence-electron chi connectivity index (χ3n) is 6.60. The van der Waals surface area contributed by atoms with Gasteiger partial charge in [-0.3, -0.25) is 9.78 Å². The summed E-state index contributed by atoms with van der Waals surface area (Å²) in [5, 5.41) is 10.7. The summed E-state index contributed by atoms with van der Waals surface area (Å²) in [5.41, 5.74) is 8.71. The van der Waals surface area contributed by atoms with Crippen molar-refractivity contribution in [1.82, 2.24) is 4.98 Å². The first-order valence-electron chi connectivity index (χ1n) is 12.0. The summed E-state index contributed by atoms with van der Waals surface area (Å²) >= 11 is 0. The van der Waals surface area contributed by atoms with Crippen LogP contribution in [0, 0.1) is 13.0 Å². The van der Waals surface area contributed by atoms with Crippen molar-refractivity contribution in [2.75, 3.05) is 0 Å². The maximum atomic E-state index is 10.0. The fourth-order valence-corrected chi connectivity index (χ4v) is 5.20. The molecule has 2 aromatic heterocycles. The first-order chi connectivity index (χ1) is 17.2. The van der Waals surface area contributed by atoms with Crippen LogP contribution in [0.1, 0.15) is 44.4 Å². The Kier molecular flexibility index (Phi) is 7.23. The third kappa shape index (κ3) is 4.77. The molecule has 4 nitrogen and oxygen atoms in total. The van der Waals surface area contributed by atoms with Gasteiger partial charge in [0.1, 0.15) is 11.3 Å². The van der Waals surface area contributed by atoms with E-state index in [1.165, 1.54) is 47.4 Å². The van der Waals surface area contributed by atoms with Crippen LogP contribution >= 0.6 is 0 Å². The molecule has 1 radical (unpaired) electrons. The molecule has 0 amide bonds. The molecule has 0 atom stereocenters. The predicted octanol–water partition coefficient (Wildman–Crippen LogP) is 8.10. The number of hydrogen-bond acceptors (Lipinski definition) is 4. The summed E-state index contributed by atoms with van der Waals surface area (Å²) in [7, 11) is 0. The van der Waals surface area contributed by atoms with E-state index in [0.717, 1.165) is 33.7 Å². The second-order valence-corrected chi connectivity index (χ2v) is 9.86. The average Bonchev–Trinajstić information content (AvgIpc) is 3.32. The van der Waals surface area contributed by atoms with E-state index in [1.807, 2.05) is 18.2 Å². The number of carbonyl (C=O) groups excluding carboxylic acids is 1. The first kappa shape index (κ1) is 26.5. The SMILES string of the molecule is CC(=O)/C=C(/C)O.Cc1ccc2nc(-c3[c-]ccc4c3C(C)(C)c3c-4oc4ccccc34)ccc2c1.[Ir]. The van der Waals surface area contributed by atoms with E-state index in [4.69, 9.17) is 14.5 Å². The molecule has 1 aliphatic carbocycles. The Hall–Kier alpha value is -3.53. The molecule has 0 fully saturated rings. The molecule has 0 aliphatic heterocycles. The number of pyridine rings is 1. The molecule has 5 heteroatoms. The summed E-state index contributed by atoms with van der Waals surface area (Å²) in [6.07, 6.45) is 1.17. The quantitative estimate of drug-likeness (QED) is 0.118. The molecule has 0 spiro atoms. The normalized spacial score (nSPS) is 13.4. The number of aromatic nitrogens is 1. The van der Waals surface area contributed by atoms with Crippen molar-refractivity contribution >= 4 is 27.7 Å². The van der Waals surface area contributed by atoms with Gasteiger partial charge in [-0.1, -0.05) is 61.4 Å². The van der Waals surface area contributed by atoms with Gasteiger partial charge in [0.05, 0.1) is 11.3 Å². The van der Waals surface area contributed by atoms with Gasteiger partial charge in [0, 0.05) is 37.1 Å². The number of nitrogens with zero attached hydrogens (tertiary/aromatic N) is 1. The predicted molar refractivity (Wildman–Crippen MR) is 145 cm³/mol. The molecule has 6 rings (SSSR count). The average molecular weight is 667 g/mol. The summed E-state index contributed by atoms with van der Waals surface area (Å²) in [4.78, 5) is 15.0. The number of carbonyl (C=O) groups is 1. The molecule has 3 aromatic carbocycles. The summed E-state index contributed by atoms with van der Waals surface area (Å²) < 4.78 is 6.31. The molecule has 2 heterocycles. The summed E-state index contributed by atoms with van der Waals surface area (Å²) in [6.45, 7) is 9.52. The van der Waals surface area contributed by atoms with Gasteiger partial charge >= 0.3 is 0 Å². The van der Waals surface area contributed by atoms with Crippen LogP contribution in [-0.2, 0) is 30.3 Å². The Morgan fingerprint density at radius 3 is 2.49 bits per heavy atom. The first-order valence-corrected chi connectivity index (χ1v) is 12.0. The molecule has 37 heavy (non-hydrogen) atoms. The van der Waals surface area contributed by atoms with Crippen molar-refractivity contribution in [3.8, 4) is 22.6 Å². The number of furan rings is 1. The monoisotopic (exact) mass is 667 g/mol. The molecular formula is C32H28IrNO3-. The number of benzene rings is 3. The van der Waals surface area contributed by atoms with E-state index in [0.29, 0.717) is 0 Å². The molecule has 1 N–H and O–H groups in total. The van der Waals surface area contributed by atoms with Crippen molar-refractivity contribution in [1.29, 1.82) is 0 Å². The van der Waals surface area contributed by atoms with E-state index >= 15 is 0 Å². The molecule has 0 saturated carbocycles. The van der Waals surface area contributed by atoms with Crippen LogP contribution in [0.15, 0.2) is 83.0 Å². The van der Waals surface area contributed by atoms with Crippen LogP contribution in [0.2, 0.25) is 0 Å². The zero-order valence-electron chi connectivity index (χ0n) is 21.5. The number of allylic oxidation sites excluding steroid dienone is 2. The maximum Gasteiger partial charge on any atom is 0.155 e. The van der Waals surface area contributed by atoms with Crippen LogP contribution in [0.25, 0.3) is 44.5 Å². The molecular weight excluding hydrogens is 639 g/mol. The van der Waals surface area contributed by atoms with Gasteiger partial charge < -0.3 is 9.52 Å². The van der Waals surface area contributed by atoms with Gasteiger partial charge in [-0.25, -0.2) is 0 Å². The second kappa shape index (κ2) is 10.1. The van der Waals surface area contributed by atoms with Crippen molar-refractivity contribution in [2.45, 2.75) is 40.0 Å². The van der Waals surface area contributed by atoms with Crippen LogP contribution in [0.3, 0.4) is 0 Å². The molecule has 189 valence electrons. The number of aryl methyl sites for hydroxylation is 1. The van der Waals surface area contributed by atoms with E-state index in [1.54, 1.807) is 0 Å². The minimum Gasteiger partial charge on any atom is -0.512 e. The fourth-order valence-electron chi connectivity index (χ4n) is 5.20. The number of rotatable bonds is 2. The van der Waals surface area contributed by atoms with E-state index in [-0.39, 0.29) is 37.1 Å². The van der Waals surface area contributed by atoms with Crippen molar-refractivity contribution < 1.29 is 34.4 Å². The van der Waals surface area contributed by atoms with Crippen molar-refractivity contribution in [3.63, 3.8) is 0 Å². The minimum absolute atomic E-state index is 0. The van der Waals surface area contributed by atoms with Gasteiger partial charge in [-0.05, 0) is 55.5 Å². The standard InChI is InChI=1S/C27H20NO.C5H8O2.Ir/c1-16-11-13-21-17(15-16)12-14-22(28-21)18-8-6-9-20-24(18)27(2,3)25-19-7-4-5-10-23(19)29-26(20)25;1-4(6)3-5(2)7;/h4-7,9-15H,1-3H3;3,6H,1-2H3;/q-1;;/b;4-3-;. The Morgan fingerprint density at radius 1 is 1.03 bits per heavy atom. The number of aliphatic hydroxyl groups is 1. The van der Waals surface area contributed by atoms with Crippen molar-refractivity contribution in [2.24, 2.45) is 0 Å². The molecule has 0 bridgehead atoms. The van der Waals surface area contributed by atoms with E-state index < -0.39 is 0 Å². The Balaban J connectivity index is 0.000000356. The molecule has 0 saturated heterocycles. The zero-order valence-corrected chi connectivity index (χ0v) is 23.9. The van der Waals surface area contributed by atoms with Gasteiger partial charge in [-0.2, -0.15) is 0 Å². The second-order valence-electron chi connectivity index (χ2n) is 9.86. The number of para-hydroxylation sites is 1. The number of aliphatic hydroxyl groups excluding tert-OH is 1. The number of hydrogen-bond donors (Lipinski definition) is 1. The minimum atomic E-state index is -0.186. The Bertz CT molecular complexity index is 1670. The molecule has 0 unspecified atom stereocenters. The third-order valence-corrected chi connectivity index (χ3v) is 6.60. The fraction of sp³-hybridized carbons (Fsp3) is 0.188. The molecule has 5 aromatic rings. The van der Waals surface area contributed by atoms with Crippen LogP contribution in [0.4, 0.5) is 0 Å². The maximum absolute atomic E-state index is 10.0. The van der Waals surface area contributed by atoms with Gasteiger partial charge in [0.2, 0.25) is 0 Å².